The number of fused-ring (bicyclic) bond motifs is 4. The Morgan fingerprint density at radius 1 is 1.20 bits per heavy atom. The van der Waals surface area contributed by atoms with Crippen molar-refractivity contribution in [3.8, 4) is 5.69 Å². The maximum Gasteiger partial charge on any atom is 0.266 e. The predicted octanol–water partition coefficient (Wildman–Crippen LogP) is 1.96. The van der Waals surface area contributed by atoms with Crippen molar-refractivity contribution in [2.75, 3.05) is 0 Å². The standard InChI is InChI=1S/C14H7F2N3O/c15-9-1-2-11-8(13(9)16)5-12-18-10-6-17-4-3-7(10)14(20)19(11)12/h1-4,6H,5H2. The molecule has 1 aliphatic heterocycles. The number of rotatable bonds is 0. The average molecular weight is 271 g/mol. The van der Waals surface area contributed by atoms with E-state index >= 15 is 0 Å². The molecule has 0 saturated carbocycles. The van der Waals surface area contributed by atoms with E-state index in [0.717, 1.165) is 6.07 Å². The summed E-state index contributed by atoms with van der Waals surface area (Å²) >= 11 is 0. The van der Waals surface area contributed by atoms with Crippen LogP contribution in [0.5, 0.6) is 0 Å². The molecule has 0 aliphatic carbocycles. The SMILES string of the molecule is O=c1c2ccncc2nc2n1-c1ccc(F)c(F)c1C2. The fraction of sp³-hybridized carbons (Fsp3) is 0.0714. The summed E-state index contributed by atoms with van der Waals surface area (Å²) < 4.78 is 28.4. The van der Waals surface area contributed by atoms with Gasteiger partial charge in [0.15, 0.2) is 11.6 Å². The van der Waals surface area contributed by atoms with Gasteiger partial charge in [0.2, 0.25) is 0 Å². The summed E-state index contributed by atoms with van der Waals surface area (Å²) in [7, 11) is 0. The molecule has 0 radical (unpaired) electrons. The lowest BCUT2D eigenvalue weighted by Crippen LogP contribution is -2.20. The predicted molar refractivity (Wildman–Crippen MR) is 67.9 cm³/mol. The Balaban J connectivity index is 2.14. The average Bonchev–Trinajstić information content (AvgIpc) is 2.83. The number of benzene rings is 1. The van der Waals surface area contributed by atoms with Crippen molar-refractivity contribution in [1.29, 1.82) is 0 Å². The van der Waals surface area contributed by atoms with E-state index in [1.54, 1.807) is 6.07 Å². The first kappa shape index (κ1) is 11.2. The normalized spacial score (nSPS) is 12.5. The van der Waals surface area contributed by atoms with Crippen LogP contribution in [0.4, 0.5) is 8.78 Å². The smallest absolute Gasteiger partial charge is 0.266 e. The van der Waals surface area contributed by atoms with E-state index in [-0.39, 0.29) is 17.5 Å². The largest absolute Gasteiger partial charge is 0.268 e. The fourth-order valence-corrected chi connectivity index (χ4v) is 2.57. The van der Waals surface area contributed by atoms with Crippen molar-refractivity contribution in [2.45, 2.75) is 6.42 Å². The maximum absolute atomic E-state index is 13.8. The molecule has 6 heteroatoms. The van der Waals surface area contributed by atoms with Crippen LogP contribution in [0.3, 0.4) is 0 Å². The summed E-state index contributed by atoms with van der Waals surface area (Å²) in [6, 6.07) is 3.99. The van der Waals surface area contributed by atoms with Gasteiger partial charge in [-0.05, 0) is 18.2 Å². The van der Waals surface area contributed by atoms with Gasteiger partial charge in [-0.1, -0.05) is 0 Å². The van der Waals surface area contributed by atoms with Gasteiger partial charge >= 0.3 is 0 Å². The first-order valence-corrected chi connectivity index (χ1v) is 5.99. The molecule has 0 fully saturated rings. The third-order valence-corrected chi connectivity index (χ3v) is 3.49. The molecular weight excluding hydrogens is 264 g/mol. The van der Waals surface area contributed by atoms with Gasteiger partial charge in [-0.25, -0.2) is 13.8 Å². The first-order chi connectivity index (χ1) is 9.66. The number of halogens is 2. The lowest BCUT2D eigenvalue weighted by molar-refractivity contribution is 0.502. The van der Waals surface area contributed by atoms with Crippen LogP contribution in [0.1, 0.15) is 11.4 Å². The van der Waals surface area contributed by atoms with Crippen LogP contribution in [-0.2, 0) is 6.42 Å². The molecule has 0 N–H and O–H groups in total. The van der Waals surface area contributed by atoms with Crippen LogP contribution in [-0.4, -0.2) is 14.5 Å². The molecule has 0 bridgehead atoms. The molecule has 98 valence electrons. The molecule has 1 aromatic carbocycles. The molecule has 0 saturated heterocycles. The Hall–Kier alpha value is -2.63. The third-order valence-electron chi connectivity index (χ3n) is 3.49. The summed E-state index contributed by atoms with van der Waals surface area (Å²) in [6.45, 7) is 0. The second kappa shape index (κ2) is 3.69. The van der Waals surface area contributed by atoms with Crippen molar-refractivity contribution in [1.82, 2.24) is 14.5 Å². The molecule has 4 rings (SSSR count). The van der Waals surface area contributed by atoms with Gasteiger partial charge in [-0.3, -0.25) is 14.3 Å². The van der Waals surface area contributed by atoms with Gasteiger partial charge in [0.05, 0.1) is 22.8 Å². The van der Waals surface area contributed by atoms with E-state index in [4.69, 9.17) is 0 Å². The summed E-state index contributed by atoms with van der Waals surface area (Å²) in [4.78, 5) is 20.7. The zero-order valence-corrected chi connectivity index (χ0v) is 10.1. The molecule has 1 aliphatic rings. The highest BCUT2D eigenvalue weighted by molar-refractivity contribution is 5.77. The van der Waals surface area contributed by atoms with Crippen molar-refractivity contribution < 1.29 is 8.78 Å². The second-order valence-corrected chi connectivity index (χ2v) is 4.60. The van der Waals surface area contributed by atoms with Crippen molar-refractivity contribution in [2.24, 2.45) is 0 Å². The van der Waals surface area contributed by atoms with Gasteiger partial charge in [0.25, 0.3) is 5.56 Å². The highest BCUT2D eigenvalue weighted by Crippen LogP contribution is 2.29. The van der Waals surface area contributed by atoms with Crippen LogP contribution in [0, 0.1) is 11.6 Å². The number of hydrogen-bond donors (Lipinski definition) is 0. The van der Waals surface area contributed by atoms with Gasteiger partial charge in [-0.15, -0.1) is 0 Å². The Bertz CT molecular complexity index is 934. The van der Waals surface area contributed by atoms with E-state index in [1.165, 1.54) is 23.0 Å². The molecule has 3 aromatic rings. The Labute approximate surface area is 111 Å². The minimum Gasteiger partial charge on any atom is -0.268 e. The van der Waals surface area contributed by atoms with Crippen LogP contribution in [0.25, 0.3) is 16.6 Å². The van der Waals surface area contributed by atoms with Gasteiger partial charge in [0.1, 0.15) is 5.82 Å². The molecule has 0 amide bonds. The van der Waals surface area contributed by atoms with Crippen molar-refractivity contribution in [3.05, 3.63) is 64.0 Å². The Morgan fingerprint density at radius 3 is 2.90 bits per heavy atom. The fourth-order valence-electron chi connectivity index (χ4n) is 2.57. The lowest BCUT2D eigenvalue weighted by atomic mass is 10.1. The highest BCUT2D eigenvalue weighted by Gasteiger charge is 2.26. The van der Waals surface area contributed by atoms with Gasteiger partial charge < -0.3 is 0 Å². The van der Waals surface area contributed by atoms with E-state index in [2.05, 4.69) is 9.97 Å². The minimum atomic E-state index is -0.922. The lowest BCUT2D eigenvalue weighted by Gasteiger charge is -2.06. The van der Waals surface area contributed by atoms with E-state index < -0.39 is 11.6 Å². The molecule has 0 atom stereocenters. The summed E-state index contributed by atoms with van der Waals surface area (Å²) in [5.41, 5.74) is 0.683. The van der Waals surface area contributed by atoms with Crippen LogP contribution >= 0.6 is 0 Å². The van der Waals surface area contributed by atoms with E-state index in [9.17, 15) is 13.6 Å². The molecule has 0 unspecified atom stereocenters. The second-order valence-electron chi connectivity index (χ2n) is 4.60. The Morgan fingerprint density at radius 2 is 2.05 bits per heavy atom. The van der Waals surface area contributed by atoms with Crippen molar-refractivity contribution >= 4 is 10.9 Å². The topological polar surface area (TPSA) is 47.8 Å². The summed E-state index contributed by atoms with van der Waals surface area (Å²) in [6.07, 6.45) is 3.08. The monoisotopic (exact) mass is 271 g/mol. The molecular formula is C14H7F2N3O. The van der Waals surface area contributed by atoms with Gasteiger partial charge in [-0.2, -0.15) is 0 Å². The Kier molecular flexibility index (Phi) is 2.07. The third kappa shape index (κ3) is 1.30. The van der Waals surface area contributed by atoms with E-state index in [1.807, 2.05) is 0 Å². The van der Waals surface area contributed by atoms with Crippen molar-refractivity contribution in [3.63, 3.8) is 0 Å². The summed E-state index contributed by atoms with van der Waals surface area (Å²) in [5, 5.41) is 0.404. The maximum atomic E-state index is 13.8. The molecule has 4 nitrogen and oxygen atoms in total. The number of nitrogens with zero attached hydrogens (tertiary/aromatic N) is 3. The zero-order chi connectivity index (χ0) is 13.9. The molecule has 20 heavy (non-hydrogen) atoms. The molecule has 3 heterocycles. The highest BCUT2D eigenvalue weighted by atomic mass is 19.2. The van der Waals surface area contributed by atoms with Crippen LogP contribution in [0.2, 0.25) is 0 Å². The summed E-state index contributed by atoms with van der Waals surface area (Å²) in [5.74, 6) is -1.44. The van der Waals surface area contributed by atoms with Gasteiger partial charge in [0, 0.05) is 18.2 Å². The minimum absolute atomic E-state index is 0.0962. The van der Waals surface area contributed by atoms with Crippen LogP contribution in [0.15, 0.2) is 35.4 Å². The first-order valence-electron chi connectivity index (χ1n) is 5.99. The molecule has 2 aromatic heterocycles. The molecule has 0 spiro atoms. The number of hydrogen-bond acceptors (Lipinski definition) is 3. The van der Waals surface area contributed by atoms with Crippen LogP contribution < -0.4 is 5.56 Å². The number of pyridine rings is 1. The quantitative estimate of drug-likeness (QED) is 0.491. The number of aromatic nitrogens is 3. The van der Waals surface area contributed by atoms with E-state index in [0.29, 0.717) is 22.4 Å². The zero-order valence-electron chi connectivity index (χ0n) is 10.1.